The molecule has 1 fully saturated rings. The summed E-state index contributed by atoms with van der Waals surface area (Å²) >= 11 is 0. The molecule has 3 aromatic rings. The second kappa shape index (κ2) is 8.34. The zero-order valence-electron chi connectivity index (χ0n) is 18.0. The van der Waals surface area contributed by atoms with Gasteiger partial charge in [-0.3, -0.25) is 4.79 Å². The number of hydrogen-bond acceptors (Lipinski definition) is 6. The lowest BCUT2D eigenvalue weighted by atomic mass is 9.96. The zero-order chi connectivity index (χ0) is 21.3. The van der Waals surface area contributed by atoms with E-state index in [1.807, 2.05) is 45.0 Å². The first-order chi connectivity index (χ1) is 14.5. The van der Waals surface area contributed by atoms with Crippen molar-refractivity contribution in [2.45, 2.75) is 40.2 Å². The average Bonchev–Trinajstić information content (AvgIpc) is 3.04. The molecule has 2 aromatic heterocycles. The van der Waals surface area contributed by atoms with E-state index in [-0.39, 0.29) is 11.8 Å². The smallest absolute Gasteiger partial charge is 0.231 e. The van der Waals surface area contributed by atoms with Gasteiger partial charge in [0.15, 0.2) is 0 Å². The minimum atomic E-state index is -0.0806. The second-order valence-corrected chi connectivity index (χ2v) is 7.91. The summed E-state index contributed by atoms with van der Waals surface area (Å²) in [6.07, 6.45) is 1.81. The Morgan fingerprint density at radius 1 is 1.30 bits per heavy atom. The molecule has 0 unspecified atom stereocenters. The molecule has 0 radical (unpaired) electrons. The van der Waals surface area contributed by atoms with Crippen LogP contribution in [-0.4, -0.2) is 36.1 Å². The van der Waals surface area contributed by atoms with Gasteiger partial charge in [0, 0.05) is 25.2 Å². The topological polar surface area (TPSA) is 80.5 Å². The number of carbonyl (C=O) groups excluding carboxylic acids is 1. The molecular weight excluding hydrogens is 380 g/mol. The number of rotatable bonds is 5. The number of aromatic nitrogens is 2. The van der Waals surface area contributed by atoms with E-state index in [1.54, 1.807) is 7.11 Å². The van der Waals surface area contributed by atoms with E-state index in [9.17, 15) is 4.79 Å². The van der Waals surface area contributed by atoms with E-state index in [2.05, 4.69) is 15.2 Å². The minimum Gasteiger partial charge on any atom is -0.497 e. The van der Waals surface area contributed by atoms with Crippen LogP contribution in [0.2, 0.25) is 0 Å². The molecule has 7 nitrogen and oxygen atoms in total. The van der Waals surface area contributed by atoms with Gasteiger partial charge in [-0.25, -0.2) is 4.98 Å². The van der Waals surface area contributed by atoms with Gasteiger partial charge in [0.2, 0.25) is 11.6 Å². The van der Waals surface area contributed by atoms with Crippen LogP contribution in [0.1, 0.15) is 35.6 Å². The Morgan fingerprint density at radius 2 is 2.13 bits per heavy atom. The Bertz CT molecular complexity index is 1080. The van der Waals surface area contributed by atoms with Crippen LogP contribution in [0.25, 0.3) is 11.1 Å². The van der Waals surface area contributed by atoms with Crippen molar-refractivity contribution in [2.24, 2.45) is 5.92 Å². The van der Waals surface area contributed by atoms with Crippen molar-refractivity contribution >= 4 is 22.8 Å². The second-order valence-electron chi connectivity index (χ2n) is 7.91. The maximum atomic E-state index is 12.9. The van der Waals surface area contributed by atoms with Crippen LogP contribution in [0, 0.1) is 26.7 Å². The van der Waals surface area contributed by atoms with Crippen molar-refractivity contribution in [2.75, 3.05) is 25.1 Å². The number of piperidine rings is 1. The lowest BCUT2D eigenvalue weighted by molar-refractivity contribution is -0.125. The fraction of sp³-hybridized carbons (Fsp3) is 0.435. The van der Waals surface area contributed by atoms with E-state index in [0.717, 1.165) is 53.2 Å². The largest absolute Gasteiger partial charge is 0.497 e. The van der Waals surface area contributed by atoms with Crippen molar-refractivity contribution in [1.82, 2.24) is 15.3 Å². The summed E-state index contributed by atoms with van der Waals surface area (Å²) in [5.41, 5.74) is 2.70. The number of hydrogen-bond donors (Lipinski definition) is 1. The zero-order valence-corrected chi connectivity index (χ0v) is 18.0. The molecule has 0 bridgehead atoms. The molecule has 0 aliphatic carbocycles. The van der Waals surface area contributed by atoms with Crippen molar-refractivity contribution in [3.05, 3.63) is 47.0 Å². The molecule has 1 atom stereocenters. The van der Waals surface area contributed by atoms with Crippen molar-refractivity contribution in [3.63, 3.8) is 0 Å². The standard InChI is InChI=1S/C23H28N4O3/c1-14-15(2)30-23-20(14)21(25-16(3)26-23)27-10-6-8-18(13-27)22(28)24-12-17-7-5-9-19(11-17)29-4/h5,7,9,11,18H,6,8,10,12-13H2,1-4H3,(H,24,28)/t18-/m1/s1. The number of aryl methyl sites for hydroxylation is 3. The SMILES string of the molecule is COc1cccc(CNC(=O)[C@@H]2CCCN(c3nc(C)nc4oc(C)c(C)c34)C2)c1. The molecule has 1 aliphatic rings. The summed E-state index contributed by atoms with van der Waals surface area (Å²) in [7, 11) is 1.64. The number of methoxy groups -OCH3 is 1. The Morgan fingerprint density at radius 3 is 2.93 bits per heavy atom. The Labute approximate surface area is 176 Å². The first-order valence-corrected chi connectivity index (χ1v) is 10.4. The molecule has 1 aromatic carbocycles. The lowest BCUT2D eigenvalue weighted by Gasteiger charge is -2.33. The number of carbonyl (C=O) groups is 1. The van der Waals surface area contributed by atoms with Gasteiger partial charge >= 0.3 is 0 Å². The fourth-order valence-electron chi connectivity index (χ4n) is 4.06. The molecular formula is C23H28N4O3. The van der Waals surface area contributed by atoms with Gasteiger partial charge in [-0.2, -0.15) is 4.98 Å². The molecule has 7 heteroatoms. The molecule has 30 heavy (non-hydrogen) atoms. The van der Waals surface area contributed by atoms with Gasteiger partial charge in [0.25, 0.3) is 0 Å². The van der Waals surface area contributed by atoms with E-state index >= 15 is 0 Å². The van der Waals surface area contributed by atoms with Crippen LogP contribution < -0.4 is 15.0 Å². The third-order valence-corrected chi connectivity index (χ3v) is 5.81. The Kier molecular flexibility index (Phi) is 5.61. The number of nitrogens with one attached hydrogen (secondary N) is 1. The molecule has 1 aliphatic heterocycles. The number of nitrogens with zero attached hydrogens (tertiary/aromatic N) is 3. The summed E-state index contributed by atoms with van der Waals surface area (Å²) < 4.78 is 11.1. The van der Waals surface area contributed by atoms with Gasteiger partial charge in [-0.05, 0) is 51.3 Å². The highest BCUT2D eigenvalue weighted by Crippen LogP contribution is 2.33. The molecule has 158 valence electrons. The predicted molar refractivity (Wildman–Crippen MR) is 116 cm³/mol. The maximum absolute atomic E-state index is 12.9. The highest BCUT2D eigenvalue weighted by molar-refractivity contribution is 5.90. The molecule has 1 saturated heterocycles. The highest BCUT2D eigenvalue weighted by atomic mass is 16.5. The van der Waals surface area contributed by atoms with Gasteiger partial charge in [0.05, 0.1) is 18.4 Å². The number of amides is 1. The van der Waals surface area contributed by atoms with Crippen molar-refractivity contribution in [1.29, 1.82) is 0 Å². The van der Waals surface area contributed by atoms with Crippen LogP contribution in [-0.2, 0) is 11.3 Å². The summed E-state index contributed by atoms with van der Waals surface area (Å²) in [5.74, 6) is 3.19. The van der Waals surface area contributed by atoms with Gasteiger partial charge < -0.3 is 19.4 Å². The Hall–Kier alpha value is -3.09. The predicted octanol–water partition coefficient (Wildman–Crippen LogP) is 3.69. The van der Waals surface area contributed by atoms with E-state index in [4.69, 9.17) is 14.1 Å². The van der Waals surface area contributed by atoms with Crippen LogP contribution >= 0.6 is 0 Å². The number of furan rings is 1. The van der Waals surface area contributed by atoms with Gasteiger partial charge in [-0.15, -0.1) is 0 Å². The van der Waals surface area contributed by atoms with Crippen LogP contribution in [0.4, 0.5) is 5.82 Å². The van der Waals surface area contributed by atoms with Crippen molar-refractivity contribution < 1.29 is 13.9 Å². The van der Waals surface area contributed by atoms with Crippen LogP contribution in [0.5, 0.6) is 5.75 Å². The highest BCUT2D eigenvalue weighted by Gasteiger charge is 2.29. The quantitative estimate of drug-likeness (QED) is 0.694. The summed E-state index contributed by atoms with van der Waals surface area (Å²) in [6.45, 7) is 7.85. The normalized spacial score (nSPS) is 16.7. The van der Waals surface area contributed by atoms with Crippen molar-refractivity contribution in [3.8, 4) is 5.75 Å². The monoisotopic (exact) mass is 408 g/mol. The number of fused-ring (bicyclic) bond motifs is 1. The number of anilines is 1. The third-order valence-electron chi connectivity index (χ3n) is 5.81. The van der Waals surface area contributed by atoms with E-state index in [1.165, 1.54) is 0 Å². The molecule has 0 saturated carbocycles. The van der Waals surface area contributed by atoms with Crippen LogP contribution in [0.15, 0.2) is 28.7 Å². The van der Waals surface area contributed by atoms with Gasteiger partial charge in [0.1, 0.15) is 23.2 Å². The first-order valence-electron chi connectivity index (χ1n) is 10.4. The fourth-order valence-corrected chi connectivity index (χ4v) is 4.06. The third kappa shape index (κ3) is 3.97. The maximum Gasteiger partial charge on any atom is 0.231 e. The summed E-state index contributed by atoms with van der Waals surface area (Å²) in [4.78, 5) is 24.3. The summed E-state index contributed by atoms with van der Waals surface area (Å²) in [5, 5.41) is 4.04. The first kappa shape index (κ1) is 20.2. The molecule has 1 amide bonds. The molecule has 1 N–H and O–H groups in total. The molecule has 4 rings (SSSR count). The van der Waals surface area contributed by atoms with Gasteiger partial charge in [-0.1, -0.05) is 12.1 Å². The number of benzene rings is 1. The summed E-state index contributed by atoms with van der Waals surface area (Å²) in [6, 6.07) is 7.76. The van der Waals surface area contributed by atoms with E-state index in [0.29, 0.717) is 24.6 Å². The molecule has 3 heterocycles. The molecule has 0 spiro atoms. The Balaban J connectivity index is 1.49. The van der Waals surface area contributed by atoms with Crippen LogP contribution in [0.3, 0.4) is 0 Å². The minimum absolute atomic E-state index is 0.0737. The lowest BCUT2D eigenvalue weighted by Crippen LogP contribution is -2.43. The number of ether oxygens (including phenoxy) is 1. The average molecular weight is 409 g/mol. The van der Waals surface area contributed by atoms with E-state index < -0.39 is 0 Å².